The second kappa shape index (κ2) is 9.69. The molecule has 0 aliphatic carbocycles. The third-order valence-corrected chi connectivity index (χ3v) is 1.98. The summed E-state index contributed by atoms with van der Waals surface area (Å²) in [5.74, 6) is 0. The molecule has 8 heteroatoms. The lowest BCUT2D eigenvalue weighted by Gasteiger charge is -2.07. The average Bonchev–Trinajstić information content (AvgIpc) is 2.33. The first-order valence-corrected chi connectivity index (χ1v) is 4.89. The predicted molar refractivity (Wildman–Crippen MR) is 55.6 cm³/mol. The Morgan fingerprint density at radius 2 is 1.12 bits per heavy atom. The van der Waals surface area contributed by atoms with Gasteiger partial charge in [-0.15, -0.1) is 9.81 Å². The van der Waals surface area contributed by atoms with Crippen LogP contribution in [0.4, 0.5) is 0 Å². The van der Waals surface area contributed by atoms with E-state index < -0.39 is 0 Å². The van der Waals surface area contributed by atoms with Gasteiger partial charge in [-0.3, -0.25) is 9.59 Å². The van der Waals surface area contributed by atoms with Crippen molar-refractivity contribution in [3.8, 4) is 0 Å². The number of hydrogen-bond donors (Lipinski definition) is 0. The predicted octanol–water partition coefficient (Wildman–Crippen LogP) is 0.826. The number of amides is 2. The number of nitroso groups, excluding NO2 is 2. The van der Waals surface area contributed by atoms with Crippen LogP contribution in [0.25, 0.3) is 0 Å². The number of nitrogens with zero attached hydrogens (tertiary/aromatic N) is 4. The van der Waals surface area contributed by atoms with Crippen LogP contribution in [-0.4, -0.2) is 35.9 Å². The number of carbonyl (C=O) groups excluding carboxylic acids is 2. The van der Waals surface area contributed by atoms with E-state index in [-0.39, 0.29) is 13.1 Å². The van der Waals surface area contributed by atoms with Crippen LogP contribution in [0.15, 0.2) is 10.6 Å². The molecule has 0 spiro atoms. The molecule has 0 atom stereocenters. The molecule has 0 aromatic heterocycles. The highest BCUT2D eigenvalue weighted by molar-refractivity contribution is 5.46. The Morgan fingerprint density at radius 3 is 1.38 bits per heavy atom. The minimum absolute atomic E-state index is 0.288. The van der Waals surface area contributed by atoms with Crippen LogP contribution in [0.2, 0.25) is 0 Å². The van der Waals surface area contributed by atoms with Crippen molar-refractivity contribution < 1.29 is 9.59 Å². The second-order valence-electron chi connectivity index (χ2n) is 3.11. The molecular formula is C8H14N4O4. The van der Waals surface area contributed by atoms with E-state index in [4.69, 9.17) is 0 Å². The van der Waals surface area contributed by atoms with Gasteiger partial charge in [0.1, 0.15) is 0 Å². The molecule has 0 aromatic rings. The van der Waals surface area contributed by atoms with Gasteiger partial charge in [0.05, 0.1) is 10.6 Å². The van der Waals surface area contributed by atoms with Crippen molar-refractivity contribution in [1.82, 2.24) is 10.0 Å². The highest BCUT2D eigenvalue weighted by Crippen LogP contribution is 2.02. The quantitative estimate of drug-likeness (QED) is 0.227. The fourth-order valence-corrected chi connectivity index (χ4v) is 1.13. The summed E-state index contributed by atoms with van der Waals surface area (Å²) in [7, 11) is 0. The molecule has 8 nitrogen and oxygen atoms in total. The van der Waals surface area contributed by atoms with Crippen molar-refractivity contribution >= 4 is 12.8 Å². The highest BCUT2D eigenvalue weighted by atomic mass is 16.3. The normalized spacial score (nSPS) is 9.25. The zero-order valence-electron chi connectivity index (χ0n) is 8.82. The Hall–Kier alpha value is -1.86. The fraction of sp³-hybridized carbons (Fsp3) is 0.750. The smallest absolute Gasteiger partial charge is 0.232 e. The highest BCUT2D eigenvalue weighted by Gasteiger charge is 2.01. The van der Waals surface area contributed by atoms with Gasteiger partial charge in [0.25, 0.3) is 0 Å². The van der Waals surface area contributed by atoms with Crippen molar-refractivity contribution in [1.29, 1.82) is 0 Å². The summed E-state index contributed by atoms with van der Waals surface area (Å²) in [4.78, 5) is 40.3. The lowest BCUT2D eigenvalue weighted by Crippen LogP contribution is -2.16. The van der Waals surface area contributed by atoms with Crippen LogP contribution in [-0.2, 0) is 9.59 Å². The monoisotopic (exact) mass is 230 g/mol. The SMILES string of the molecule is O=CN(CCCCCCN(C=O)N=O)N=O. The third kappa shape index (κ3) is 6.57. The molecule has 0 fully saturated rings. The Morgan fingerprint density at radius 1 is 0.750 bits per heavy atom. The van der Waals surface area contributed by atoms with Gasteiger partial charge in [0.2, 0.25) is 12.8 Å². The Balaban J connectivity index is 3.39. The summed E-state index contributed by atoms with van der Waals surface area (Å²) >= 11 is 0. The molecule has 0 radical (unpaired) electrons. The Kier molecular flexibility index (Phi) is 8.56. The summed E-state index contributed by atoms with van der Waals surface area (Å²) in [5, 5.41) is 6.53. The first-order valence-electron chi connectivity index (χ1n) is 4.89. The minimum Gasteiger partial charge on any atom is -0.277 e. The van der Waals surface area contributed by atoms with Gasteiger partial charge in [0, 0.05) is 13.1 Å². The maximum Gasteiger partial charge on any atom is 0.232 e. The summed E-state index contributed by atoms with van der Waals surface area (Å²) in [6, 6.07) is 0. The van der Waals surface area contributed by atoms with Crippen LogP contribution in [0.3, 0.4) is 0 Å². The summed E-state index contributed by atoms with van der Waals surface area (Å²) in [6.07, 6.45) is 3.62. The van der Waals surface area contributed by atoms with Gasteiger partial charge in [-0.25, -0.2) is 0 Å². The molecule has 0 aliphatic heterocycles. The molecule has 0 aliphatic rings. The third-order valence-electron chi connectivity index (χ3n) is 1.98. The fourth-order valence-electron chi connectivity index (χ4n) is 1.13. The first kappa shape index (κ1) is 14.1. The lowest BCUT2D eigenvalue weighted by molar-refractivity contribution is -0.119. The Bertz CT molecular complexity index is 196. The molecule has 0 unspecified atom stereocenters. The maximum atomic E-state index is 10.2. The summed E-state index contributed by atoms with van der Waals surface area (Å²) in [5.41, 5.74) is 0. The number of hydrogen-bond acceptors (Lipinski definition) is 6. The minimum atomic E-state index is 0.288. The molecule has 90 valence electrons. The van der Waals surface area contributed by atoms with Gasteiger partial charge in [-0.1, -0.05) is 12.8 Å². The van der Waals surface area contributed by atoms with Gasteiger partial charge < -0.3 is 0 Å². The van der Waals surface area contributed by atoms with E-state index >= 15 is 0 Å². The molecule has 0 saturated heterocycles. The van der Waals surface area contributed by atoms with Crippen LogP contribution >= 0.6 is 0 Å². The summed E-state index contributed by atoms with van der Waals surface area (Å²) < 4.78 is 0. The average molecular weight is 230 g/mol. The first-order chi connectivity index (χ1) is 7.78. The zero-order valence-corrected chi connectivity index (χ0v) is 8.82. The molecule has 0 saturated carbocycles. The largest absolute Gasteiger partial charge is 0.277 e. The van der Waals surface area contributed by atoms with E-state index in [1.54, 1.807) is 0 Å². The standard InChI is InChI=1S/C8H14N4O4/c13-7-11(9-15)5-3-1-2-4-6-12(8-14)10-16/h7-8H,1-6H2. The van der Waals surface area contributed by atoms with Crippen LogP contribution in [0.1, 0.15) is 25.7 Å². The molecule has 16 heavy (non-hydrogen) atoms. The van der Waals surface area contributed by atoms with Crippen molar-refractivity contribution in [3.63, 3.8) is 0 Å². The second-order valence-corrected chi connectivity index (χ2v) is 3.11. The van der Waals surface area contributed by atoms with E-state index in [0.29, 0.717) is 25.7 Å². The van der Waals surface area contributed by atoms with E-state index in [2.05, 4.69) is 10.6 Å². The van der Waals surface area contributed by atoms with E-state index in [1.165, 1.54) is 0 Å². The van der Waals surface area contributed by atoms with Crippen LogP contribution in [0.5, 0.6) is 0 Å². The molecule has 0 N–H and O–H groups in total. The van der Waals surface area contributed by atoms with E-state index in [0.717, 1.165) is 22.9 Å². The zero-order chi connectivity index (χ0) is 12.2. The van der Waals surface area contributed by atoms with Crippen LogP contribution in [0, 0.1) is 9.81 Å². The molecule has 0 aromatic carbocycles. The van der Waals surface area contributed by atoms with Gasteiger partial charge in [-0.2, -0.15) is 10.0 Å². The maximum absolute atomic E-state index is 10.2. The van der Waals surface area contributed by atoms with Crippen molar-refractivity contribution in [2.24, 2.45) is 10.6 Å². The van der Waals surface area contributed by atoms with Crippen molar-refractivity contribution in [3.05, 3.63) is 9.81 Å². The van der Waals surface area contributed by atoms with Gasteiger partial charge in [-0.05, 0) is 12.8 Å². The number of unbranched alkanes of at least 4 members (excludes halogenated alkanes) is 3. The number of rotatable bonds is 11. The van der Waals surface area contributed by atoms with Crippen LogP contribution < -0.4 is 0 Å². The lowest BCUT2D eigenvalue weighted by atomic mass is 10.2. The Labute approximate surface area is 92.5 Å². The summed E-state index contributed by atoms with van der Waals surface area (Å²) in [6.45, 7) is 0.576. The van der Waals surface area contributed by atoms with Gasteiger partial charge in [0.15, 0.2) is 0 Å². The van der Waals surface area contributed by atoms with E-state index in [1.807, 2.05) is 0 Å². The van der Waals surface area contributed by atoms with E-state index in [9.17, 15) is 19.4 Å². The van der Waals surface area contributed by atoms with Crippen molar-refractivity contribution in [2.75, 3.05) is 13.1 Å². The molecule has 2 amide bonds. The molecule has 0 heterocycles. The topological polar surface area (TPSA) is 99.5 Å². The van der Waals surface area contributed by atoms with Gasteiger partial charge >= 0.3 is 0 Å². The van der Waals surface area contributed by atoms with Crippen molar-refractivity contribution in [2.45, 2.75) is 25.7 Å². The molecule has 0 bridgehead atoms. The molecule has 0 rings (SSSR count). The molecular weight excluding hydrogens is 216 g/mol. The number of carbonyl (C=O) groups is 2.